The summed E-state index contributed by atoms with van der Waals surface area (Å²) in [4.78, 5) is 27.6. The van der Waals surface area contributed by atoms with Crippen LogP contribution in [-0.2, 0) is 12.7 Å². The highest BCUT2D eigenvalue weighted by molar-refractivity contribution is 6.35. The molecule has 0 aliphatic heterocycles. The number of benzene rings is 2. The first-order valence-corrected chi connectivity index (χ1v) is 11.4. The van der Waals surface area contributed by atoms with Gasteiger partial charge in [-0.25, -0.2) is 0 Å². The van der Waals surface area contributed by atoms with Gasteiger partial charge in [-0.2, -0.15) is 18.3 Å². The quantitative estimate of drug-likeness (QED) is 0.430. The van der Waals surface area contributed by atoms with Crippen molar-refractivity contribution in [2.75, 3.05) is 18.4 Å². The summed E-state index contributed by atoms with van der Waals surface area (Å²) >= 11 is 6.29. The Bertz CT molecular complexity index is 1250. The summed E-state index contributed by atoms with van der Waals surface area (Å²) < 4.78 is 40.1. The number of carbonyl (C=O) groups excluding carboxylic acids is 2. The van der Waals surface area contributed by atoms with E-state index >= 15 is 0 Å². The Kier molecular flexibility index (Phi) is 7.90. The number of aromatic nitrogens is 2. The topological polar surface area (TPSA) is 67.2 Å². The smallest absolute Gasteiger partial charge is 0.339 e. The summed E-state index contributed by atoms with van der Waals surface area (Å²) in [7, 11) is 0. The van der Waals surface area contributed by atoms with Gasteiger partial charge in [-0.05, 0) is 63.1 Å². The number of rotatable bonds is 7. The van der Waals surface area contributed by atoms with Crippen LogP contribution in [0.3, 0.4) is 0 Å². The lowest BCUT2D eigenvalue weighted by molar-refractivity contribution is -0.141. The summed E-state index contributed by atoms with van der Waals surface area (Å²) in [5.41, 5.74) is 1.68. The normalized spacial score (nSPS) is 11.4. The van der Waals surface area contributed by atoms with Gasteiger partial charge in [-0.1, -0.05) is 29.8 Å². The maximum Gasteiger partial charge on any atom is 0.435 e. The zero-order valence-electron chi connectivity index (χ0n) is 19.8. The van der Waals surface area contributed by atoms with Crippen molar-refractivity contribution in [1.29, 1.82) is 0 Å². The van der Waals surface area contributed by atoms with Crippen molar-refractivity contribution < 1.29 is 22.8 Å². The van der Waals surface area contributed by atoms with Crippen molar-refractivity contribution in [2.45, 2.75) is 40.4 Å². The van der Waals surface area contributed by atoms with E-state index in [1.54, 1.807) is 55.1 Å². The summed E-state index contributed by atoms with van der Waals surface area (Å²) in [6.45, 7) is 8.12. The van der Waals surface area contributed by atoms with Gasteiger partial charge >= 0.3 is 6.18 Å². The molecule has 0 aliphatic carbocycles. The van der Waals surface area contributed by atoms with E-state index in [1.807, 2.05) is 13.8 Å². The van der Waals surface area contributed by atoms with E-state index in [0.717, 1.165) is 11.6 Å². The zero-order valence-corrected chi connectivity index (χ0v) is 20.6. The Hall–Kier alpha value is -3.33. The summed E-state index contributed by atoms with van der Waals surface area (Å²) in [5.74, 6) is -0.817. The molecule has 6 nitrogen and oxygen atoms in total. The summed E-state index contributed by atoms with van der Waals surface area (Å²) in [5, 5.41) is 6.65. The van der Waals surface area contributed by atoms with Crippen molar-refractivity contribution in [3.8, 4) is 0 Å². The number of anilines is 1. The van der Waals surface area contributed by atoms with Crippen LogP contribution in [0.15, 0.2) is 42.5 Å². The fourth-order valence-electron chi connectivity index (χ4n) is 3.74. The number of amides is 2. The number of carbonyl (C=O) groups is 2. The van der Waals surface area contributed by atoms with Crippen LogP contribution in [0.1, 0.15) is 57.1 Å². The molecule has 1 N–H and O–H groups in total. The fraction of sp³-hybridized carbons (Fsp3) is 0.320. The van der Waals surface area contributed by atoms with Gasteiger partial charge in [0.15, 0.2) is 5.69 Å². The first-order valence-electron chi connectivity index (χ1n) is 11.1. The van der Waals surface area contributed by atoms with Crippen molar-refractivity contribution in [3.05, 3.63) is 81.1 Å². The van der Waals surface area contributed by atoms with Gasteiger partial charge in [0.1, 0.15) is 0 Å². The second-order valence-electron chi connectivity index (χ2n) is 8.07. The van der Waals surface area contributed by atoms with E-state index < -0.39 is 17.8 Å². The highest BCUT2D eigenvalue weighted by Gasteiger charge is 2.34. The lowest BCUT2D eigenvalue weighted by Crippen LogP contribution is -2.32. The first-order chi connectivity index (χ1) is 16.5. The molecule has 3 aromatic rings. The van der Waals surface area contributed by atoms with Gasteiger partial charge < -0.3 is 10.2 Å². The number of nitrogens with zero attached hydrogens (tertiary/aromatic N) is 3. The van der Waals surface area contributed by atoms with E-state index in [1.165, 1.54) is 4.68 Å². The van der Waals surface area contributed by atoms with Crippen LogP contribution in [0.5, 0.6) is 0 Å². The third kappa shape index (κ3) is 5.85. The molecular formula is C25H26ClF3N4O2. The van der Waals surface area contributed by atoms with Gasteiger partial charge in [0.2, 0.25) is 0 Å². The van der Waals surface area contributed by atoms with Crippen molar-refractivity contribution >= 4 is 29.1 Å². The van der Waals surface area contributed by atoms with Crippen LogP contribution in [0.4, 0.5) is 18.9 Å². The molecule has 0 unspecified atom stereocenters. The number of nitrogens with one attached hydrogen (secondary N) is 1. The predicted molar refractivity (Wildman–Crippen MR) is 129 cm³/mol. The molecule has 1 aromatic heterocycles. The summed E-state index contributed by atoms with van der Waals surface area (Å²) in [6.07, 6.45) is -4.51. The molecule has 3 rings (SSSR count). The average molecular weight is 507 g/mol. The predicted octanol–water partition coefficient (Wildman–Crippen LogP) is 5.95. The highest BCUT2D eigenvalue weighted by Crippen LogP contribution is 2.29. The number of halogens is 4. The monoisotopic (exact) mass is 506 g/mol. The van der Waals surface area contributed by atoms with Crippen LogP contribution in [0, 0.1) is 13.8 Å². The van der Waals surface area contributed by atoms with Crippen molar-refractivity contribution in [3.63, 3.8) is 0 Å². The van der Waals surface area contributed by atoms with E-state index in [9.17, 15) is 22.8 Å². The molecule has 0 saturated heterocycles. The van der Waals surface area contributed by atoms with Gasteiger partial charge in [0.25, 0.3) is 11.8 Å². The fourth-order valence-corrected chi connectivity index (χ4v) is 3.99. The van der Waals surface area contributed by atoms with Crippen LogP contribution in [-0.4, -0.2) is 39.6 Å². The minimum atomic E-state index is -4.51. The van der Waals surface area contributed by atoms with Gasteiger partial charge in [-0.3, -0.25) is 14.3 Å². The molecule has 0 saturated carbocycles. The van der Waals surface area contributed by atoms with Gasteiger partial charge in [0, 0.05) is 24.5 Å². The Morgan fingerprint density at radius 1 is 1.09 bits per heavy atom. The zero-order chi connectivity index (χ0) is 25.9. The van der Waals surface area contributed by atoms with Gasteiger partial charge in [-0.15, -0.1) is 0 Å². The minimum absolute atomic E-state index is 0.138. The molecule has 1 heterocycles. The maximum absolute atomic E-state index is 13.1. The Morgan fingerprint density at radius 2 is 1.77 bits per heavy atom. The Morgan fingerprint density at radius 3 is 2.34 bits per heavy atom. The molecule has 0 aliphatic rings. The molecule has 0 spiro atoms. The lowest BCUT2D eigenvalue weighted by Gasteiger charge is -2.21. The van der Waals surface area contributed by atoms with Crippen LogP contribution < -0.4 is 5.32 Å². The number of aryl methyl sites for hydroxylation is 2. The number of hydrogen-bond acceptors (Lipinski definition) is 3. The number of alkyl halides is 3. The molecule has 0 bridgehead atoms. The van der Waals surface area contributed by atoms with E-state index in [-0.39, 0.29) is 28.6 Å². The van der Waals surface area contributed by atoms with E-state index in [2.05, 4.69) is 10.4 Å². The standard InChI is InChI=1S/C25H26ClF3N4O2/c1-5-32(6-2)24(35)22-18(8-7-9-19(22)26)23(34)30-20-11-10-17(12-15(20)3)14-33-16(4)13-21(31-33)25(27,28)29/h7-13H,5-6,14H2,1-4H3,(H,30,34). The van der Waals surface area contributed by atoms with Crippen molar-refractivity contribution in [2.24, 2.45) is 0 Å². The third-order valence-corrected chi connectivity index (χ3v) is 5.98. The molecule has 0 fully saturated rings. The molecule has 2 amide bonds. The van der Waals surface area contributed by atoms with E-state index in [0.29, 0.717) is 30.0 Å². The maximum atomic E-state index is 13.1. The molecular weight excluding hydrogens is 481 g/mol. The molecule has 10 heteroatoms. The molecule has 0 radical (unpaired) electrons. The highest BCUT2D eigenvalue weighted by atomic mass is 35.5. The Balaban J connectivity index is 1.83. The molecule has 2 aromatic carbocycles. The second kappa shape index (κ2) is 10.5. The van der Waals surface area contributed by atoms with Crippen LogP contribution in [0.25, 0.3) is 0 Å². The first kappa shape index (κ1) is 26.3. The molecule has 186 valence electrons. The second-order valence-corrected chi connectivity index (χ2v) is 8.48. The third-order valence-electron chi connectivity index (χ3n) is 5.67. The average Bonchev–Trinajstić information content (AvgIpc) is 3.16. The van der Waals surface area contributed by atoms with Gasteiger partial charge in [0.05, 0.1) is 22.7 Å². The van der Waals surface area contributed by atoms with Crippen molar-refractivity contribution in [1.82, 2.24) is 14.7 Å². The Labute approximate surface area is 206 Å². The molecule has 0 atom stereocenters. The summed E-state index contributed by atoms with van der Waals surface area (Å²) in [6, 6.07) is 10.9. The minimum Gasteiger partial charge on any atom is -0.339 e. The number of hydrogen-bond donors (Lipinski definition) is 1. The van der Waals surface area contributed by atoms with E-state index in [4.69, 9.17) is 11.6 Å². The van der Waals surface area contributed by atoms with Crippen LogP contribution >= 0.6 is 11.6 Å². The molecule has 35 heavy (non-hydrogen) atoms. The largest absolute Gasteiger partial charge is 0.435 e. The SMILES string of the molecule is CCN(CC)C(=O)c1c(Cl)cccc1C(=O)Nc1ccc(Cn2nc(C(F)(F)F)cc2C)cc1C. The van der Waals surface area contributed by atoms with Crippen LogP contribution in [0.2, 0.25) is 5.02 Å². The lowest BCUT2D eigenvalue weighted by atomic mass is 10.0.